The number of rotatable bonds is 5. The highest BCUT2D eigenvalue weighted by Crippen LogP contribution is 2.34. The smallest absolute Gasteiger partial charge is 0.243 e. The molecule has 0 saturated heterocycles. The molecule has 2 heterocycles. The van der Waals surface area contributed by atoms with Gasteiger partial charge < -0.3 is 4.74 Å². The molecule has 0 radical (unpaired) electrons. The number of hydrogen-bond acceptors (Lipinski definition) is 4. The first kappa shape index (κ1) is 16.2. The van der Waals surface area contributed by atoms with E-state index in [1.807, 2.05) is 26.2 Å². The van der Waals surface area contributed by atoms with Gasteiger partial charge in [0.25, 0.3) is 0 Å². The summed E-state index contributed by atoms with van der Waals surface area (Å²) in [7, 11) is -1.72. The summed E-state index contributed by atoms with van der Waals surface area (Å²) in [5.41, 5.74) is 2.01. The van der Waals surface area contributed by atoms with Gasteiger partial charge in [0.1, 0.15) is 0 Å². The summed E-state index contributed by atoms with van der Waals surface area (Å²) in [6.07, 6.45) is 2.48. The van der Waals surface area contributed by atoms with E-state index >= 15 is 0 Å². The van der Waals surface area contributed by atoms with E-state index in [1.54, 1.807) is 33.3 Å². The Morgan fingerprint density at radius 3 is 2.74 bits per heavy atom. The van der Waals surface area contributed by atoms with Gasteiger partial charge in [-0.25, -0.2) is 8.42 Å². The average molecular weight is 335 g/mol. The van der Waals surface area contributed by atoms with Crippen LogP contribution >= 0.6 is 0 Å². The Kier molecular flexibility index (Phi) is 4.52. The van der Waals surface area contributed by atoms with Crippen LogP contribution in [0.2, 0.25) is 0 Å². The van der Waals surface area contributed by atoms with Gasteiger partial charge in [0.15, 0.2) is 0 Å². The highest BCUT2D eigenvalue weighted by atomic mass is 32.2. The molecular formula is C16H21N3O3S. The van der Waals surface area contributed by atoms with Crippen LogP contribution in [0.25, 0.3) is 0 Å². The summed E-state index contributed by atoms with van der Waals surface area (Å²) in [6.45, 7) is 3.22. The van der Waals surface area contributed by atoms with E-state index in [1.165, 1.54) is 0 Å². The van der Waals surface area contributed by atoms with Gasteiger partial charge in [-0.1, -0.05) is 18.2 Å². The maximum atomic E-state index is 13.0. The molecule has 124 valence electrons. The van der Waals surface area contributed by atoms with Crippen molar-refractivity contribution in [2.24, 2.45) is 7.05 Å². The summed E-state index contributed by atoms with van der Waals surface area (Å²) >= 11 is 0. The van der Waals surface area contributed by atoms with Gasteiger partial charge in [-0.2, -0.15) is 9.40 Å². The zero-order chi connectivity index (χ0) is 16.4. The largest absolute Gasteiger partial charge is 0.380 e. The Hall–Kier alpha value is -1.70. The van der Waals surface area contributed by atoms with E-state index in [0.717, 1.165) is 11.3 Å². The second-order valence-electron chi connectivity index (χ2n) is 5.53. The third-order valence-corrected chi connectivity index (χ3v) is 6.08. The lowest BCUT2D eigenvalue weighted by Gasteiger charge is -2.34. The van der Waals surface area contributed by atoms with Crippen molar-refractivity contribution in [3.8, 4) is 0 Å². The van der Waals surface area contributed by atoms with Crippen molar-refractivity contribution >= 4 is 10.0 Å². The molecule has 1 aromatic carbocycles. The number of fused-ring (bicyclic) bond motifs is 1. The zero-order valence-electron chi connectivity index (χ0n) is 13.3. The molecule has 6 nitrogen and oxygen atoms in total. The quantitative estimate of drug-likeness (QED) is 0.835. The Morgan fingerprint density at radius 1 is 1.30 bits per heavy atom. The van der Waals surface area contributed by atoms with Crippen molar-refractivity contribution in [1.29, 1.82) is 0 Å². The van der Waals surface area contributed by atoms with E-state index in [2.05, 4.69) is 5.10 Å². The molecule has 0 spiro atoms. The van der Waals surface area contributed by atoms with Crippen molar-refractivity contribution in [1.82, 2.24) is 14.1 Å². The molecular weight excluding hydrogens is 314 g/mol. The van der Waals surface area contributed by atoms with Crippen molar-refractivity contribution in [3.05, 3.63) is 47.8 Å². The van der Waals surface area contributed by atoms with E-state index in [9.17, 15) is 8.42 Å². The number of benzene rings is 1. The van der Waals surface area contributed by atoms with Crippen molar-refractivity contribution in [2.75, 3.05) is 19.8 Å². The van der Waals surface area contributed by atoms with Crippen LogP contribution in [0, 0.1) is 0 Å². The van der Waals surface area contributed by atoms with Gasteiger partial charge in [-0.15, -0.1) is 0 Å². The minimum atomic E-state index is -3.57. The van der Waals surface area contributed by atoms with Crippen molar-refractivity contribution in [2.45, 2.75) is 24.3 Å². The second-order valence-corrected chi connectivity index (χ2v) is 7.42. The lowest BCUT2D eigenvalue weighted by atomic mass is 10.0. The van der Waals surface area contributed by atoms with E-state index in [4.69, 9.17) is 4.74 Å². The lowest BCUT2D eigenvalue weighted by molar-refractivity contribution is 0.0905. The Morgan fingerprint density at radius 2 is 2.04 bits per heavy atom. The summed E-state index contributed by atoms with van der Waals surface area (Å²) in [4.78, 5) is 0.312. The summed E-state index contributed by atoms with van der Waals surface area (Å²) in [5, 5.41) is 4.29. The maximum absolute atomic E-state index is 13.0. The lowest BCUT2D eigenvalue weighted by Crippen LogP contribution is -2.42. The van der Waals surface area contributed by atoms with Crippen molar-refractivity contribution < 1.29 is 13.2 Å². The van der Waals surface area contributed by atoms with Crippen molar-refractivity contribution in [3.63, 3.8) is 0 Å². The number of sulfonamides is 1. The average Bonchev–Trinajstić information content (AvgIpc) is 2.95. The van der Waals surface area contributed by atoms with Gasteiger partial charge in [0.2, 0.25) is 10.0 Å². The van der Waals surface area contributed by atoms with E-state index < -0.39 is 10.0 Å². The van der Waals surface area contributed by atoms with E-state index in [-0.39, 0.29) is 6.04 Å². The molecule has 0 unspecified atom stereocenters. The standard InChI is InChI=1S/C16H21N3O3S/c1-3-22-12-15-16-13(11-17-18(16)2)9-10-19(15)23(20,21)14-7-5-4-6-8-14/h4-8,11,15H,3,9-10,12H2,1-2H3/t15-/m1/s1. The minimum Gasteiger partial charge on any atom is -0.380 e. The van der Waals surface area contributed by atoms with Crippen LogP contribution in [-0.4, -0.2) is 42.3 Å². The molecule has 2 aromatic rings. The molecule has 1 aliphatic rings. The molecule has 0 saturated carbocycles. The summed E-state index contributed by atoms with van der Waals surface area (Å²) < 4.78 is 35.0. The number of hydrogen-bond donors (Lipinski definition) is 0. The predicted octanol–water partition coefficient (Wildman–Crippen LogP) is 1.74. The fourth-order valence-electron chi connectivity index (χ4n) is 3.04. The van der Waals surface area contributed by atoms with Crippen LogP contribution in [0.5, 0.6) is 0 Å². The first-order chi connectivity index (χ1) is 11.1. The number of aryl methyl sites for hydroxylation is 1. The molecule has 0 aliphatic carbocycles. The van der Waals surface area contributed by atoms with Gasteiger partial charge in [-0.3, -0.25) is 4.68 Å². The second kappa shape index (κ2) is 6.43. The van der Waals surface area contributed by atoms with Gasteiger partial charge in [0, 0.05) is 20.2 Å². The highest BCUT2D eigenvalue weighted by molar-refractivity contribution is 7.89. The molecule has 3 rings (SSSR count). The normalized spacial score (nSPS) is 18.8. The van der Waals surface area contributed by atoms with Gasteiger partial charge >= 0.3 is 0 Å². The van der Waals surface area contributed by atoms with Crippen LogP contribution in [-0.2, 0) is 28.2 Å². The third-order valence-electron chi connectivity index (χ3n) is 4.16. The number of aromatic nitrogens is 2. The zero-order valence-corrected chi connectivity index (χ0v) is 14.2. The minimum absolute atomic E-state index is 0.312. The first-order valence-corrected chi connectivity index (χ1v) is 9.15. The van der Waals surface area contributed by atoms with Crippen LogP contribution in [0.3, 0.4) is 0 Å². The molecule has 7 heteroatoms. The number of ether oxygens (including phenoxy) is 1. The first-order valence-electron chi connectivity index (χ1n) is 7.71. The topological polar surface area (TPSA) is 64.4 Å². The van der Waals surface area contributed by atoms with Gasteiger partial charge in [-0.05, 0) is 31.0 Å². The SMILES string of the molecule is CCOC[C@@H]1c2c(cnn2C)CCN1S(=O)(=O)c1ccccc1. The monoisotopic (exact) mass is 335 g/mol. The summed E-state index contributed by atoms with van der Waals surface area (Å²) in [6, 6.07) is 8.20. The van der Waals surface area contributed by atoms with Crippen LogP contribution in [0.1, 0.15) is 24.2 Å². The predicted molar refractivity (Wildman–Crippen MR) is 86.5 cm³/mol. The maximum Gasteiger partial charge on any atom is 0.243 e. The highest BCUT2D eigenvalue weighted by Gasteiger charge is 2.38. The fourth-order valence-corrected chi connectivity index (χ4v) is 4.64. The van der Waals surface area contributed by atoms with Gasteiger partial charge in [0.05, 0.1) is 29.4 Å². The summed E-state index contributed by atoms with van der Waals surface area (Å²) in [5.74, 6) is 0. The van der Waals surface area contributed by atoms with Crippen LogP contribution in [0.4, 0.5) is 0 Å². The third kappa shape index (κ3) is 2.91. The molecule has 0 N–H and O–H groups in total. The Labute approximate surface area is 136 Å². The van der Waals surface area contributed by atoms with Crippen LogP contribution in [0.15, 0.2) is 41.4 Å². The Bertz CT molecular complexity index is 771. The molecule has 0 amide bonds. The van der Waals surface area contributed by atoms with Crippen LogP contribution < -0.4 is 0 Å². The number of nitrogens with zero attached hydrogens (tertiary/aromatic N) is 3. The fraction of sp³-hybridized carbons (Fsp3) is 0.438. The molecule has 1 aliphatic heterocycles. The Balaban J connectivity index is 2.02. The molecule has 23 heavy (non-hydrogen) atoms. The molecule has 0 fully saturated rings. The molecule has 0 bridgehead atoms. The molecule has 1 atom stereocenters. The molecule has 1 aromatic heterocycles. The van der Waals surface area contributed by atoms with E-state index in [0.29, 0.717) is 31.1 Å².